The minimum absolute atomic E-state index is 0. The Hall–Kier alpha value is -1.85. The number of carbonyl (C=O) groups excluding carboxylic acids is 1. The zero-order valence-electron chi connectivity index (χ0n) is 11.3. The van der Waals surface area contributed by atoms with Crippen molar-refractivity contribution in [3.63, 3.8) is 0 Å². The number of carbonyl (C=O) groups is 1. The van der Waals surface area contributed by atoms with E-state index in [0.29, 0.717) is 22.9 Å². The van der Waals surface area contributed by atoms with E-state index in [1.807, 2.05) is 24.3 Å². The molecule has 1 aliphatic heterocycles. The van der Waals surface area contributed by atoms with E-state index < -0.39 is 0 Å². The van der Waals surface area contributed by atoms with Crippen LogP contribution in [0.5, 0.6) is 0 Å². The molecule has 2 atom stereocenters. The molecule has 5 nitrogen and oxygen atoms in total. The number of hydrogen-bond donors (Lipinski definition) is 3. The van der Waals surface area contributed by atoms with Crippen molar-refractivity contribution in [1.29, 1.82) is 0 Å². The molecule has 0 bridgehead atoms. The van der Waals surface area contributed by atoms with Gasteiger partial charge in [0.15, 0.2) is 0 Å². The molecule has 6 heteroatoms. The van der Waals surface area contributed by atoms with Crippen molar-refractivity contribution in [2.45, 2.75) is 6.04 Å². The molecule has 2 aromatic rings. The molecule has 0 radical (unpaired) electrons. The fourth-order valence-electron chi connectivity index (χ4n) is 3.25. The number of para-hydroxylation sites is 1. The number of amides is 1. The Kier molecular flexibility index (Phi) is 3.47. The van der Waals surface area contributed by atoms with Crippen LogP contribution >= 0.6 is 12.4 Å². The lowest BCUT2D eigenvalue weighted by atomic mass is 10.1. The first kappa shape index (κ1) is 14.1. The molecule has 1 saturated carbocycles. The molecule has 2 fully saturated rings. The molecule has 110 valence electrons. The Bertz CT molecular complexity index is 748. The molecule has 1 aromatic heterocycles. The number of fused-ring (bicyclic) bond motifs is 2. The number of halogens is 1. The number of benzene rings is 1. The van der Waals surface area contributed by atoms with Gasteiger partial charge in [0.25, 0.3) is 5.91 Å². The van der Waals surface area contributed by atoms with Crippen LogP contribution in [-0.2, 0) is 0 Å². The van der Waals surface area contributed by atoms with Gasteiger partial charge in [-0.25, -0.2) is 0 Å². The first-order valence-electron chi connectivity index (χ1n) is 6.88. The van der Waals surface area contributed by atoms with Crippen LogP contribution in [0.25, 0.3) is 10.9 Å². The monoisotopic (exact) mass is 305 g/mol. The van der Waals surface area contributed by atoms with E-state index in [0.717, 1.165) is 18.5 Å². The highest BCUT2D eigenvalue weighted by molar-refractivity contribution is 6.06. The third-order valence-corrected chi connectivity index (χ3v) is 4.38. The zero-order chi connectivity index (χ0) is 13.7. The van der Waals surface area contributed by atoms with Gasteiger partial charge in [0.05, 0.1) is 5.56 Å². The summed E-state index contributed by atoms with van der Waals surface area (Å²) in [6.45, 7) is 1.96. The average Bonchev–Trinajstić information content (AvgIpc) is 2.87. The summed E-state index contributed by atoms with van der Waals surface area (Å²) < 4.78 is 0. The Morgan fingerprint density at radius 2 is 1.90 bits per heavy atom. The van der Waals surface area contributed by atoms with Crippen molar-refractivity contribution >= 4 is 29.2 Å². The number of aromatic amines is 1. The lowest BCUT2D eigenvalue weighted by molar-refractivity contribution is 0.0948. The molecule has 1 amide bonds. The second-order valence-electron chi connectivity index (χ2n) is 5.58. The third kappa shape index (κ3) is 2.32. The summed E-state index contributed by atoms with van der Waals surface area (Å²) in [4.78, 5) is 26.8. The van der Waals surface area contributed by atoms with Crippen LogP contribution in [-0.4, -0.2) is 30.0 Å². The molecule has 4 rings (SSSR count). The molecule has 3 N–H and O–H groups in total. The molecular formula is C15H16ClN3O2. The summed E-state index contributed by atoms with van der Waals surface area (Å²) in [6.07, 6.45) is 0. The van der Waals surface area contributed by atoms with E-state index >= 15 is 0 Å². The molecule has 21 heavy (non-hydrogen) atoms. The van der Waals surface area contributed by atoms with Gasteiger partial charge >= 0.3 is 0 Å². The molecule has 0 spiro atoms. The van der Waals surface area contributed by atoms with Gasteiger partial charge in [-0.1, -0.05) is 18.2 Å². The second-order valence-corrected chi connectivity index (χ2v) is 5.58. The van der Waals surface area contributed by atoms with E-state index in [-0.39, 0.29) is 29.9 Å². The molecule has 2 aliphatic rings. The Labute approximate surface area is 127 Å². The van der Waals surface area contributed by atoms with E-state index in [1.165, 1.54) is 6.07 Å². The lowest BCUT2D eigenvalue weighted by Crippen LogP contribution is -2.33. The predicted octanol–water partition coefficient (Wildman–Crippen LogP) is 0.898. The number of piperidine rings is 1. The van der Waals surface area contributed by atoms with Crippen molar-refractivity contribution in [2.24, 2.45) is 11.8 Å². The SMILES string of the molecule is Cl.O=C(NC1C2CNCC21)c1cc(=O)[nH]c2ccccc12. The Balaban J connectivity index is 0.00000132. The van der Waals surface area contributed by atoms with Crippen molar-refractivity contribution in [2.75, 3.05) is 13.1 Å². The van der Waals surface area contributed by atoms with E-state index in [2.05, 4.69) is 15.6 Å². The van der Waals surface area contributed by atoms with Gasteiger partial charge in [0, 0.05) is 36.1 Å². The minimum Gasteiger partial charge on any atom is -0.349 e. The van der Waals surface area contributed by atoms with Crippen molar-refractivity contribution in [1.82, 2.24) is 15.6 Å². The van der Waals surface area contributed by atoms with Crippen LogP contribution in [0.2, 0.25) is 0 Å². The molecular weight excluding hydrogens is 290 g/mol. The fraction of sp³-hybridized carbons (Fsp3) is 0.333. The Morgan fingerprint density at radius 1 is 1.19 bits per heavy atom. The van der Waals surface area contributed by atoms with Crippen LogP contribution in [0.15, 0.2) is 35.1 Å². The van der Waals surface area contributed by atoms with E-state index in [9.17, 15) is 9.59 Å². The van der Waals surface area contributed by atoms with Crippen LogP contribution in [0, 0.1) is 11.8 Å². The minimum atomic E-state index is -0.244. The number of pyridine rings is 1. The summed E-state index contributed by atoms with van der Waals surface area (Å²) in [5.74, 6) is 0.978. The van der Waals surface area contributed by atoms with E-state index in [1.54, 1.807) is 0 Å². The number of nitrogens with one attached hydrogen (secondary N) is 3. The number of H-pyrrole nitrogens is 1. The quantitative estimate of drug-likeness (QED) is 0.772. The largest absolute Gasteiger partial charge is 0.349 e. The van der Waals surface area contributed by atoms with Gasteiger partial charge in [-0.3, -0.25) is 9.59 Å². The topological polar surface area (TPSA) is 74.0 Å². The average molecular weight is 306 g/mol. The van der Waals surface area contributed by atoms with E-state index in [4.69, 9.17) is 0 Å². The van der Waals surface area contributed by atoms with Gasteiger partial charge in [0.1, 0.15) is 0 Å². The van der Waals surface area contributed by atoms with Gasteiger partial charge in [-0.15, -0.1) is 12.4 Å². The zero-order valence-corrected chi connectivity index (χ0v) is 12.1. The number of aromatic nitrogens is 1. The summed E-state index contributed by atoms with van der Waals surface area (Å²) in [6, 6.07) is 9.03. The maximum absolute atomic E-state index is 12.4. The molecule has 2 heterocycles. The summed E-state index contributed by atoms with van der Waals surface area (Å²) in [5.41, 5.74) is 0.914. The first-order valence-corrected chi connectivity index (χ1v) is 6.88. The van der Waals surface area contributed by atoms with Crippen molar-refractivity contribution in [3.8, 4) is 0 Å². The fourth-order valence-corrected chi connectivity index (χ4v) is 3.25. The van der Waals surface area contributed by atoms with Gasteiger partial charge in [-0.2, -0.15) is 0 Å². The van der Waals surface area contributed by atoms with Gasteiger partial charge in [-0.05, 0) is 17.9 Å². The predicted molar refractivity (Wildman–Crippen MR) is 82.9 cm³/mol. The molecule has 1 aliphatic carbocycles. The maximum Gasteiger partial charge on any atom is 0.252 e. The third-order valence-electron chi connectivity index (χ3n) is 4.38. The first-order chi connectivity index (χ1) is 9.74. The smallest absolute Gasteiger partial charge is 0.252 e. The normalized spacial score (nSPS) is 26.0. The molecule has 2 unspecified atom stereocenters. The number of rotatable bonds is 2. The van der Waals surface area contributed by atoms with Crippen LogP contribution in [0.4, 0.5) is 0 Å². The maximum atomic E-state index is 12.4. The van der Waals surface area contributed by atoms with Crippen molar-refractivity contribution in [3.05, 3.63) is 46.2 Å². The van der Waals surface area contributed by atoms with Gasteiger partial charge in [0.2, 0.25) is 5.56 Å². The summed E-state index contributed by atoms with van der Waals surface area (Å²) in [7, 11) is 0. The van der Waals surface area contributed by atoms with Crippen LogP contribution < -0.4 is 16.2 Å². The second kappa shape index (κ2) is 5.16. The highest BCUT2D eigenvalue weighted by atomic mass is 35.5. The summed E-state index contributed by atoms with van der Waals surface area (Å²) >= 11 is 0. The Morgan fingerprint density at radius 3 is 2.67 bits per heavy atom. The highest BCUT2D eigenvalue weighted by Crippen LogP contribution is 2.41. The highest BCUT2D eigenvalue weighted by Gasteiger charge is 2.53. The standard InChI is InChI=1S/C15H15N3O2.ClH/c19-13-5-9(8-3-1-2-4-12(8)17-13)15(20)18-14-10-6-16-7-11(10)14;/h1-5,10-11,14,16H,6-7H2,(H,17,19)(H,18,20);1H. The summed E-state index contributed by atoms with van der Waals surface area (Å²) in [5, 5.41) is 7.14. The molecule has 1 saturated heterocycles. The van der Waals surface area contributed by atoms with Gasteiger partial charge < -0.3 is 15.6 Å². The van der Waals surface area contributed by atoms with Crippen LogP contribution in [0.1, 0.15) is 10.4 Å². The van der Waals surface area contributed by atoms with Crippen LogP contribution in [0.3, 0.4) is 0 Å². The lowest BCUT2D eigenvalue weighted by Gasteiger charge is -2.09. The molecule has 1 aromatic carbocycles. The van der Waals surface area contributed by atoms with Crippen molar-refractivity contribution < 1.29 is 4.79 Å². The number of hydrogen-bond acceptors (Lipinski definition) is 3.